The number of nitrogens with one attached hydrogen (secondary N) is 1. The summed E-state index contributed by atoms with van der Waals surface area (Å²) < 4.78 is 5.16. The molecule has 0 saturated heterocycles. The molecule has 2 N–H and O–H groups in total. The normalized spacial score (nSPS) is 9.89. The van der Waals surface area contributed by atoms with E-state index in [1.165, 1.54) is 12.1 Å². The number of rotatable bonds is 6. The first-order valence-electron chi connectivity index (χ1n) is 5.05. The predicted molar refractivity (Wildman–Crippen MR) is 67.2 cm³/mol. The average Bonchev–Trinajstić information content (AvgIpc) is 2.24. The topological polar surface area (TPSA) is 75.6 Å². The molecule has 1 amide bonds. The first-order chi connectivity index (χ1) is 8.47. The Balaban J connectivity index is 2.35. The maximum atomic E-state index is 11.3. The molecule has 0 heterocycles. The minimum atomic E-state index is -0.974. The Labute approximate surface area is 114 Å². The molecule has 0 aromatic heterocycles. The molecule has 0 aliphatic heterocycles. The molecule has 7 heteroatoms. The van der Waals surface area contributed by atoms with Crippen molar-refractivity contribution < 1.29 is 19.4 Å². The number of aliphatic carboxylic acids is 1. The number of carbonyl (C=O) groups excluding carboxylic acids is 1. The van der Waals surface area contributed by atoms with E-state index in [-0.39, 0.29) is 19.6 Å². The van der Waals surface area contributed by atoms with Crippen LogP contribution in [0.4, 0.5) is 0 Å². The van der Waals surface area contributed by atoms with Crippen molar-refractivity contribution in [1.29, 1.82) is 0 Å². The van der Waals surface area contributed by atoms with Crippen molar-refractivity contribution in [1.82, 2.24) is 5.32 Å². The number of amides is 1. The van der Waals surface area contributed by atoms with E-state index in [4.69, 9.17) is 33.0 Å². The Morgan fingerprint density at radius 1 is 1.22 bits per heavy atom. The number of carboxylic acids is 1. The lowest BCUT2D eigenvalue weighted by Crippen LogP contribution is -2.30. The third-order valence-corrected chi connectivity index (χ3v) is 2.30. The highest BCUT2D eigenvalue weighted by atomic mass is 35.5. The lowest BCUT2D eigenvalue weighted by molar-refractivity contribution is -0.137. The van der Waals surface area contributed by atoms with Crippen LogP contribution in [0.3, 0.4) is 0 Å². The van der Waals surface area contributed by atoms with Gasteiger partial charge in [-0.15, -0.1) is 0 Å². The molecule has 98 valence electrons. The van der Waals surface area contributed by atoms with Crippen molar-refractivity contribution >= 4 is 35.1 Å². The molecule has 1 aromatic rings. The van der Waals surface area contributed by atoms with Crippen molar-refractivity contribution in [2.24, 2.45) is 0 Å². The number of carbonyl (C=O) groups is 2. The molecule has 0 aliphatic rings. The molecule has 0 bridgehead atoms. The van der Waals surface area contributed by atoms with Gasteiger partial charge in [0.05, 0.1) is 6.42 Å². The fourth-order valence-electron chi connectivity index (χ4n) is 1.12. The Kier molecular flexibility index (Phi) is 5.74. The van der Waals surface area contributed by atoms with E-state index in [1.54, 1.807) is 6.07 Å². The predicted octanol–water partition coefficient (Wildman–Crippen LogP) is 1.96. The van der Waals surface area contributed by atoms with Gasteiger partial charge in [-0.25, -0.2) is 0 Å². The van der Waals surface area contributed by atoms with Crippen molar-refractivity contribution in [2.45, 2.75) is 6.42 Å². The number of ether oxygens (including phenoxy) is 1. The highest BCUT2D eigenvalue weighted by Gasteiger charge is 2.05. The van der Waals surface area contributed by atoms with Crippen molar-refractivity contribution in [3.63, 3.8) is 0 Å². The highest BCUT2D eigenvalue weighted by molar-refractivity contribution is 6.34. The smallest absolute Gasteiger partial charge is 0.305 e. The molecule has 18 heavy (non-hydrogen) atoms. The van der Waals surface area contributed by atoms with Crippen LogP contribution >= 0.6 is 23.2 Å². The van der Waals surface area contributed by atoms with E-state index < -0.39 is 11.9 Å². The summed E-state index contributed by atoms with van der Waals surface area (Å²) in [6.07, 6.45) is -0.130. The molecule has 0 radical (unpaired) electrons. The van der Waals surface area contributed by atoms with Crippen molar-refractivity contribution in [3.05, 3.63) is 28.2 Å². The van der Waals surface area contributed by atoms with Gasteiger partial charge in [0, 0.05) is 16.6 Å². The summed E-state index contributed by atoms with van der Waals surface area (Å²) >= 11 is 11.5. The fourth-order valence-corrected chi connectivity index (χ4v) is 1.63. The van der Waals surface area contributed by atoms with Crippen LogP contribution in [-0.4, -0.2) is 30.1 Å². The van der Waals surface area contributed by atoms with Gasteiger partial charge in [0.1, 0.15) is 5.75 Å². The van der Waals surface area contributed by atoms with E-state index >= 15 is 0 Å². The summed E-state index contributed by atoms with van der Waals surface area (Å²) in [5.74, 6) is -1.01. The Hall–Kier alpha value is -1.46. The second-order valence-electron chi connectivity index (χ2n) is 3.39. The first-order valence-corrected chi connectivity index (χ1v) is 5.80. The molecular weight excluding hydrogens is 281 g/mol. The Bertz CT molecular complexity index is 430. The summed E-state index contributed by atoms with van der Waals surface area (Å²) in [7, 11) is 0. The van der Waals surface area contributed by atoms with Gasteiger partial charge in [-0.05, 0) is 18.2 Å². The van der Waals surface area contributed by atoms with E-state index in [2.05, 4.69) is 5.32 Å². The molecule has 5 nitrogen and oxygen atoms in total. The monoisotopic (exact) mass is 291 g/mol. The first kappa shape index (κ1) is 14.6. The zero-order valence-corrected chi connectivity index (χ0v) is 10.8. The molecule has 0 spiro atoms. The molecule has 1 rings (SSSR count). The van der Waals surface area contributed by atoms with Crippen molar-refractivity contribution in [3.8, 4) is 5.75 Å². The summed E-state index contributed by atoms with van der Waals surface area (Å²) in [4.78, 5) is 21.5. The Morgan fingerprint density at radius 2 is 1.83 bits per heavy atom. The maximum Gasteiger partial charge on any atom is 0.305 e. The van der Waals surface area contributed by atoms with Crippen LogP contribution < -0.4 is 10.1 Å². The van der Waals surface area contributed by atoms with Crippen LogP contribution in [0, 0.1) is 0 Å². The SMILES string of the molecule is O=C(O)CCNC(=O)COc1cc(Cl)cc(Cl)c1. The fraction of sp³-hybridized carbons (Fsp3) is 0.273. The quantitative estimate of drug-likeness (QED) is 0.840. The summed E-state index contributed by atoms with van der Waals surface area (Å²) in [5, 5.41) is 11.6. The average molecular weight is 292 g/mol. The van der Waals surface area contributed by atoms with Gasteiger partial charge in [-0.1, -0.05) is 23.2 Å². The largest absolute Gasteiger partial charge is 0.484 e. The highest BCUT2D eigenvalue weighted by Crippen LogP contribution is 2.23. The van der Waals surface area contributed by atoms with E-state index in [0.717, 1.165) is 0 Å². The summed E-state index contributed by atoms with van der Waals surface area (Å²) in [5.41, 5.74) is 0. The van der Waals surface area contributed by atoms with E-state index in [9.17, 15) is 9.59 Å². The molecule has 0 unspecified atom stereocenters. The maximum absolute atomic E-state index is 11.3. The second-order valence-corrected chi connectivity index (χ2v) is 4.26. The molecule has 0 saturated carbocycles. The molecule has 0 atom stereocenters. The van der Waals surface area contributed by atoms with Crippen LogP contribution in [0.5, 0.6) is 5.75 Å². The molecule has 0 fully saturated rings. The van der Waals surface area contributed by atoms with Gasteiger partial charge in [-0.2, -0.15) is 0 Å². The zero-order chi connectivity index (χ0) is 13.5. The molecular formula is C11H11Cl2NO4. The third-order valence-electron chi connectivity index (χ3n) is 1.87. The Morgan fingerprint density at radius 3 is 2.39 bits per heavy atom. The molecule has 0 aliphatic carbocycles. The summed E-state index contributed by atoms with van der Waals surface area (Å²) in [6, 6.07) is 4.60. The van der Waals surface area contributed by atoms with Gasteiger partial charge in [0.25, 0.3) is 5.91 Å². The minimum absolute atomic E-state index is 0.0633. The lowest BCUT2D eigenvalue weighted by atomic mass is 10.3. The molecule has 1 aromatic carbocycles. The standard InChI is InChI=1S/C11H11Cl2NO4/c12-7-3-8(13)5-9(4-7)18-6-10(15)14-2-1-11(16)17/h3-5H,1-2,6H2,(H,14,15)(H,16,17). The van der Waals surface area contributed by atoms with Crippen LogP contribution in [0.15, 0.2) is 18.2 Å². The van der Waals surface area contributed by atoms with Gasteiger partial charge < -0.3 is 15.2 Å². The van der Waals surface area contributed by atoms with Gasteiger partial charge >= 0.3 is 5.97 Å². The van der Waals surface area contributed by atoms with E-state index in [1.807, 2.05) is 0 Å². The third kappa shape index (κ3) is 5.75. The number of halogens is 2. The summed E-state index contributed by atoms with van der Waals surface area (Å²) in [6.45, 7) is -0.163. The van der Waals surface area contributed by atoms with Gasteiger partial charge in [-0.3, -0.25) is 9.59 Å². The van der Waals surface area contributed by atoms with Crippen LogP contribution in [0.2, 0.25) is 10.0 Å². The second kappa shape index (κ2) is 7.08. The van der Waals surface area contributed by atoms with Gasteiger partial charge in [0.15, 0.2) is 6.61 Å². The number of carboxylic acid groups (broad SMARTS) is 1. The van der Waals surface area contributed by atoms with Crippen molar-refractivity contribution in [2.75, 3.05) is 13.2 Å². The minimum Gasteiger partial charge on any atom is -0.484 e. The van der Waals surface area contributed by atoms with Crippen LogP contribution in [-0.2, 0) is 9.59 Å². The lowest BCUT2D eigenvalue weighted by Gasteiger charge is -2.07. The number of benzene rings is 1. The van der Waals surface area contributed by atoms with Crippen LogP contribution in [0.1, 0.15) is 6.42 Å². The number of hydrogen-bond acceptors (Lipinski definition) is 3. The van der Waals surface area contributed by atoms with Gasteiger partial charge in [0.2, 0.25) is 0 Å². The zero-order valence-electron chi connectivity index (χ0n) is 9.28. The van der Waals surface area contributed by atoms with Crippen LogP contribution in [0.25, 0.3) is 0 Å². The van der Waals surface area contributed by atoms with E-state index in [0.29, 0.717) is 15.8 Å². The number of hydrogen-bond donors (Lipinski definition) is 2.